The van der Waals surface area contributed by atoms with Crippen molar-refractivity contribution in [1.82, 2.24) is 9.55 Å². The van der Waals surface area contributed by atoms with Crippen molar-refractivity contribution in [3.8, 4) is 73.0 Å². The zero-order chi connectivity index (χ0) is 58.1. The molecule has 0 aliphatic carbocycles. The zero-order valence-corrected chi connectivity index (χ0v) is 50.0. The third-order valence-corrected chi connectivity index (χ3v) is 16.9. The Bertz CT molecular complexity index is 4420. The van der Waals surface area contributed by atoms with E-state index in [4.69, 9.17) is 9.72 Å². The van der Waals surface area contributed by atoms with Crippen molar-refractivity contribution >= 4 is 44.6 Å². The highest BCUT2D eigenvalue weighted by molar-refractivity contribution is 6.16. The van der Waals surface area contributed by atoms with Gasteiger partial charge in [-0.2, -0.15) is 0 Å². The van der Waals surface area contributed by atoms with Gasteiger partial charge in [0.1, 0.15) is 24.0 Å². The Morgan fingerprint density at radius 1 is 0.393 bits per heavy atom. The van der Waals surface area contributed by atoms with E-state index in [0.717, 1.165) is 89.7 Å². The highest BCUT2D eigenvalue weighted by Crippen LogP contribution is 2.51. The molecular weight excluding hydrogens is 1020 g/mol. The van der Waals surface area contributed by atoms with Gasteiger partial charge in [0, 0.05) is 51.5 Å². The Morgan fingerprint density at radius 3 is 1.63 bits per heavy atom. The predicted molar refractivity (Wildman–Crippen MR) is 355 cm³/mol. The van der Waals surface area contributed by atoms with E-state index in [1.165, 1.54) is 50.1 Å². The van der Waals surface area contributed by atoms with E-state index in [2.05, 4.69) is 326 Å². The highest BCUT2D eigenvalue weighted by Gasteiger charge is 2.32. The van der Waals surface area contributed by atoms with Crippen LogP contribution in [-0.2, 0) is 16.2 Å². The molecule has 1 aliphatic heterocycles. The molecule has 414 valence electrons. The molecule has 13 rings (SSSR count). The normalized spacial score (nSPS) is 12.8. The van der Waals surface area contributed by atoms with Crippen molar-refractivity contribution in [2.75, 3.05) is 16.5 Å². The molecule has 12 aromatic rings. The lowest BCUT2D eigenvalue weighted by Gasteiger charge is -2.28. The molecule has 0 amide bonds. The molecule has 0 N–H and O–H groups in total. The van der Waals surface area contributed by atoms with E-state index >= 15 is 0 Å². The summed E-state index contributed by atoms with van der Waals surface area (Å²) in [5, 5.41) is 2.31. The SMILES string of the molecule is Cc1ccc(-c2cnc(-n3c4ccccc4c4c(-c5ccc(C(C)(C)C)cc5)cc(Oc5cccc(N6CN(c7c(-c8ccc(C(C)(C)C)cc8)cccc7-c7cccc(-c8ccccc8)c7)c7ccccc76)c5)cc43)cc2C(C)(C)C)cc1. The first-order valence-corrected chi connectivity index (χ1v) is 29.5. The lowest BCUT2D eigenvalue weighted by Crippen LogP contribution is -2.25. The summed E-state index contributed by atoms with van der Waals surface area (Å²) in [6, 6.07) is 86.5. The van der Waals surface area contributed by atoms with Crippen molar-refractivity contribution in [2.45, 2.75) is 85.5 Å². The molecule has 84 heavy (non-hydrogen) atoms. The summed E-state index contributed by atoms with van der Waals surface area (Å²) in [6.45, 7) is 23.2. The molecule has 5 nitrogen and oxygen atoms in total. The van der Waals surface area contributed by atoms with Gasteiger partial charge in [0.05, 0.1) is 28.1 Å². The van der Waals surface area contributed by atoms with Crippen LogP contribution in [0.3, 0.4) is 0 Å². The number of pyridine rings is 1. The molecule has 2 aromatic heterocycles. The first-order valence-electron chi connectivity index (χ1n) is 29.5. The van der Waals surface area contributed by atoms with Crippen molar-refractivity contribution in [1.29, 1.82) is 0 Å². The average molecular weight is 1090 g/mol. The van der Waals surface area contributed by atoms with Crippen LogP contribution in [0, 0.1) is 6.92 Å². The van der Waals surface area contributed by atoms with Crippen LogP contribution < -0.4 is 14.5 Å². The lowest BCUT2D eigenvalue weighted by molar-refractivity contribution is 0.483. The molecule has 0 atom stereocenters. The third kappa shape index (κ3) is 10.1. The van der Waals surface area contributed by atoms with Crippen LogP contribution in [0.15, 0.2) is 243 Å². The minimum absolute atomic E-state index is 0.00639. The second-order valence-electron chi connectivity index (χ2n) is 25.8. The summed E-state index contributed by atoms with van der Waals surface area (Å²) >= 11 is 0. The molecule has 0 spiro atoms. The molecule has 0 bridgehead atoms. The van der Waals surface area contributed by atoms with Crippen molar-refractivity contribution in [3.05, 3.63) is 265 Å². The van der Waals surface area contributed by atoms with Gasteiger partial charge in [-0.15, -0.1) is 0 Å². The van der Waals surface area contributed by atoms with Crippen molar-refractivity contribution < 1.29 is 4.74 Å². The Labute approximate surface area is 496 Å². The molecule has 0 unspecified atom stereocenters. The molecule has 3 heterocycles. The van der Waals surface area contributed by atoms with Gasteiger partial charge in [-0.3, -0.25) is 4.57 Å². The van der Waals surface area contributed by atoms with Crippen LogP contribution in [0.1, 0.15) is 84.6 Å². The van der Waals surface area contributed by atoms with Crippen LogP contribution >= 0.6 is 0 Å². The number of aromatic nitrogens is 2. The van der Waals surface area contributed by atoms with Gasteiger partial charge < -0.3 is 14.5 Å². The molecule has 0 radical (unpaired) electrons. The van der Waals surface area contributed by atoms with Crippen molar-refractivity contribution in [2.24, 2.45) is 0 Å². The van der Waals surface area contributed by atoms with E-state index < -0.39 is 0 Å². The number of benzene rings is 10. The number of rotatable bonds is 10. The van der Waals surface area contributed by atoms with E-state index in [9.17, 15) is 0 Å². The van der Waals surface area contributed by atoms with Gasteiger partial charge in [-0.1, -0.05) is 244 Å². The predicted octanol–water partition coefficient (Wildman–Crippen LogP) is 21.8. The summed E-state index contributed by atoms with van der Waals surface area (Å²) in [5.74, 6) is 2.35. The third-order valence-electron chi connectivity index (χ3n) is 16.9. The number of hydrogen-bond donors (Lipinski definition) is 0. The van der Waals surface area contributed by atoms with Crippen LogP contribution in [0.25, 0.3) is 83.3 Å². The smallest absolute Gasteiger partial charge is 0.137 e. The average Bonchev–Trinajstić information content (AvgIpc) is 2.16. The Balaban J connectivity index is 0.934. The number of fused-ring (bicyclic) bond motifs is 4. The first kappa shape index (κ1) is 53.8. The minimum Gasteiger partial charge on any atom is -0.457 e. The molecule has 1 aliphatic rings. The van der Waals surface area contributed by atoms with E-state index in [-0.39, 0.29) is 16.2 Å². The largest absolute Gasteiger partial charge is 0.457 e. The number of para-hydroxylation sites is 4. The van der Waals surface area contributed by atoms with E-state index in [0.29, 0.717) is 6.67 Å². The number of hydrogen-bond acceptors (Lipinski definition) is 4. The molecule has 0 fully saturated rings. The van der Waals surface area contributed by atoms with Gasteiger partial charge in [0.25, 0.3) is 0 Å². The van der Waals surface area contributed by atoms with Gasteiger partial charge in [0.2, 0.25) is 0 Å². The summed E-state index contributed by atoms with van der Waals surface area (Å²) in [6.07, 6.45) is 2.07. The second-order valence-corrected chi connectivity index (χ2v) is 25.8. The molecule has 10 aromatic carbocycles. The Morgan fingerprint density at radius 2 is 0.952 bits per heavy atom. The van der Waals surface area contributed by atoms with Crippen LogP contribution in [-0.4, -0.2) is 16.2 Å². The maximum absolute atomic E-state index is 7.24. The fourth-order valence-corrected chi connectivity index (χ4v) is 12.3. The Kier molecular flexibility index (Phi) is 13.5. The number of ether oxygens (including phenoxy) is 1. The molecule has 5 heteroatoms. The highest BCUT2D eigenvalue weighted by atomic mass is 16.5. The molecular formula is C79H72N4O. The van der Waals surface area contributed by atoms with Gasteiger partial charge in [-0.05, 0) is 127 Å². The Hall–Kier alpha value is -9.45. The number of anilines is 4. The van der Waals surface area contributed by atoms with Crippen LogP contribution in [0.2, 0.25) is 0 Å². The maximum atomic E-state index is 7.24. The number of nitrogens with zero attached hydrogens (tertiary/aromatic N) is 4. The fraction of sp³-hybridized carbons (Fsp3) is 0.177. The quantitative estimate of drug-likeness (QED) is 0.137. The van der Waals surface area contributed by atoms with Crippen molar-refractivity contribution in [3.63, 3.8) is 0 Å². The van der Waals surface area contributed by atoms with Crippen LogP contribution in [0.4, 0.5) is 22.7 Å². The summed E-state index contributed by atoms with van der Waals surface area (Å²) in [5.41, 5.74) is 23.1. The van der Waals surface area contributed by atoms with E-state index in [1.807, 2.05) is 0 Å². The fourth-order valence-electron chi connectivity index (χ4n) is 12.3. The lowest BCUT2D eigenvalue weighted by atomic mass is 9.82. The monoisotopic (exact) mass is 1090 g/mol. The van der Waals surface area contributed by atoms with Gasteiger partial charge in [0.15, 0.2) is 0 Å². The standard InChI is InChI=1S/C79H72N4O/c1-52-33-35-56(36-34-52)68-50-80-74(49-69(68)79(8,9)10)83-70-30-15-14-27-66(70)75-67(55-39-43-60(44-40-55)78(5,6)7)47-63(48-73(75)83)84-62-26-19-25-61(46-62)81-51-82(72-32-17-16-31-71(72)81)76-64(54-37-41-59(42-38-54)77(2,3)4)28-20-29-65(76)58-24-18-23-57(45-58)53-21-12-11-13-22-53/h11-50H,51H2,1-10H3. The van der Waals surface area contributed by atoms with Gasteiger partial charge >= 0.3 is 0 Å². The summed E-state index contributed by atoms with van der Waals surface area (Å²) < 4.78 is 9.58. The van der Waals surface area contributed by atoms with Crippen LogP contribution in [0.5, 0.6) is 11.5 Å². The zero-order valence-electron chi connectivity index (χ0n) is 50.0. The minimum atomic E-state index is -0.165. The molecule has 0 saturated carbocycles. The summed E-state index contributed by atoms with van der Waals surface area (Å²) in [4.78, 5) is 10.3. The van der Waals surface area contributed by atoms with Gasteiger partial charge in [-0.25, -0.2) is 4.98 Å². The second kappa shape index (κ2) is 21.1. The summed E-state index contributed by atoms with van der Waals surface area (Å²) in [7, 11) is 0. The topological polar surface area (TPSA) is 33.5 Å². The number of aryl methyl sites for hydroxylation is 1. The maximum Gasteiger partial charge on any atom is 0.137 e. The first-order chi connectivity index (χ1) is 40.4. The van der Waals surface area contributed by atoms with E-state index in [1.54, 1.807) is 0 Å². The molecule has 0 saturated heterocycles.